The summed E-state index contributed by atoms with van der Waals surface area (Å²) in [4.78, 5) is 35.8. The molecule has 34 heavy (non-hydrogen) atoms. The quantitative estimate of drug-likeness (QED) is 0.547. The molecule has 1 unspecified atom stereocenters. The van der Waals surface area contributed by atoms with Crippen LogP contribution < -0.4 is 15.2 Å². The number of piperazine rings is 1. The summed E-state index contributed by atoms with van der Waals surface area (Å²) in [6.07, 6.45) is -1.94. The van der Waals surface area contributed by atoms with Crippen molar-refractivity contribution in [3.05, 3.63) is 40.1 Å². The van der Waals surface area contributed by atoms with Gasteiger partial charge in [0.25, 0.3) is 5.56 Å². The van der Waals surface area contributed by atoms with E-state index >= 15 is 0 Å². The lowest BCUT2D eigenvalue weighted by atomic mass is 10.2. The normalized spacial score (nSPS) is 15.0. The SMILES string of the molecule is CC(COCCC(=O)N1CCN(c2ncc(C#N)cn2)CC1)Oc1cn[nH]c(=O)c1C(F)(F)F. The highest BCUT2D eigenvalue weighted by molar-refractivity contribution is 5.76. The van der Waals surface area contributed by atoms with E-state index in [-0.39, 0.29) is 25.5 Å². The van der Waals surface area contributed by atoms with Crippen molar-refractivity contribution < 1.29 is 27.4 Å². The van der Waals surface area contributed by atoms with Gasteiger partial charge < -0.3 is 19.3 Å². The summed E-state index contributed by atoms with van der Waals surface area (Å²) in [5.41, 5.74) is -2.49. The van der Waals surface area contributed by atoms with Gasteiger partial charge in [0.05, 0.1) is 43.8 Å². The van der Waals surface area contributed by atoms with E-state index in [1.807, 2.05) is 11.0 Å². The molecule has 2 aromatic rings. The first-order valence-electron chi connectivity index (χ1n) is 10.3. The van der Waals surface area contributed by atoms with Crippen LogP contribution in [-0.2, 0) is 15.7 Å². The molecular formula is C20H22F3N7O4. The average Bonchev–Trinajstić information content (AvgIpc) is 2.81. The molecule has 2 aromatic heterocycles. The van der Waals surface area contributed by atoms with E-state index in [0.29, 0.717) is 37.7 Å². The first kappa shape index (κ1) is 24.9. The van der Waals surface area contributed by atoms with Gasteiger partial charge in [-0.25, -0.2) is 15.1 Å². The van der Waals surface area contributed by atoms with Gasteiger partial charge in [-0.15, -0.1) is 0 Å². The van der Waals surface area contributed by atoms with Crippen LogP contribution in [0.4, 0.5) is 19.1 Å². The number of aromatic amines is 1. The number of nitrogens with zero attached hydrogens (tertiary/aromatic N) is 6. The molecule has 11 nitrogen and oxygen atoms in total. The predicted octanol–water partition coefficient (Wildman–Crippen LogP) is 0.973. The van der Waals surface area contributed by atoms with Gasteiger partial charge >= 0.3 is 6.18 Å². The number of nitriles is 1. The van der Waals surface area contributed by atoms with E-state index < -0.39 is 29.2 Å². The van der Waals surface area contributed by atoms with E-state index in [4.69, 9.17) is 14.7 Å². The zero-order valence-corrected chi connectivity index (χ0v) is 18.2. The third-order valence-electron chi connectivity index (χ3n) is 4.93. The molecule has 0 radical (unpaired) electrons. The van der Waals surface area contributed by atoms with Crippen LogP contribution in [0.3, 0.4) is 0 Å². The van der Waals surface area contributed by atoms with E-state index in [1.54, 1.807) is 10.00 Å². The Balaban J connectivity index is 1.39. The Labute approximate surface area is 192 Å². The van der Waals surface area contributed by atoms with Gasteiger partial charge in [-0.1, -0.05) is 0 Å². The Morgan fingerprint density at radius 2 is 1.91 bits per heavy atom. The summed E-state index contributed by atoms with van der Waals surface area (Å²) < 4.78 is 49.7. The molecule has 3 heterocycles. The van der Waals surface area contributed by atoms with Crippen molar-refractivity contribution in [3.8, 4) is 11.8 Å². The van der Waals surface area contributed by atoms with Crippen LogP contribution in [-0.4, -0.2) is 76.5 Å². The number of hydrogen-bond acceptors (Lipinski definition) is 9. The van der Waals surface area contributed by atoms with E-state index in [1.165, 1.54) is 19.3 Å². The van der Waals surface area contributed by atoms with Crippen LogP contribution in [0, 0.1) is 11.3 Å². The molecule has 182 valence electrons. The van der Waals surface area contributed by atoms with Crippen molar-refractivity contribution in [1.29, 1.82) is 5.26 Å². The Morgan fingerprint density at radius 1 is 1.24 bits per heavy atom. The van der Waals surface area contributed by atoms with Crippen LogP contribution in [0.25, 0.3) is 0 Å². The number of ether oxygens (including phenoxy) is 2. The number of carbonyl (C=O) groups is 1. The van der Waals surface area contributed by atoms with Gasteiger partial charge in [0.1, 0.15) is 12.2 Å². The van der Waals surface area contributed by atoms with Crippen molar-refractivity contribution >= 4 is 11.9 Å². The van der Waals surface area contributed by atoms with Gasteiger partial charge in [-0.05, 0) is 6.92 Å². The van der Waals surface area contributed by atoms with Crippen LogP contribution in [0.2, 0.25) is 0 Å². The Bertz CT molecular complexity index is 1080. The van der Waals surface area contributed by atoms with Crippen molar-refractivity contribution in [1.82, 2.24) is 25.1 Å². The Morgan fingerprint density at radius 3 is 2.53 bits per heavy atom. The summed E-state index contributed by atoms with van der Waals surface area (Å²) in [5.74, 6) is -0.313. The number of anilines is 1. The topological polar surface area (TPSA) is 137 Å². The molecule has 1 N–H and O–H groups in total. The molecule has 0 saturated carbocycles. The van der Waals surface area contributed by atoms with Gasteiger partial charge in [0, 0.05) is 26.2 Å². The number of alkyl halides is 3. The summed E-state index contributed by atoms with van der Waals surface area (Å²) in [6.45, 7) is 3.47. The minimum Gasteiger partial charge on any atom is -0.486 e. The molecular weight excluding hydrogens is 459 g/mol. The number of H-pyrrole nitrogens is 1. The van der Waals surface area contributed by atoms with Gasteiger partial charge in [0.15, 0.2) is 11.3 Å². The second kappa shape index (κ2) is 10.9. The Kier molecular flexibility index (Phi) is 8.00. The number of rotatable bonds is 8. The van der Waals surface area contributed by atoms with Crippen LogP contribution >= 0.6 is 0 Å². The van der Waals surface area contributed by atoms with Crippen molar-refractivity contribution in [2.24, 2.45) is 0 Å². The third kappa shape index (κ3) is 6.41. The predicted molar refractivity (Wildman–Crippen MR) is 111 cm³/mol. The minimum absolute atomic E-state index is 0.0607. The third-order valence-corrected chi connectivity index (χ3v) is 4.93. The number of aromatic nitrogens is 4. The molecule has 14 heteroatoms. The Hall–Kier alpha value is -3.73. The first-order chi connectivity index (χ1) is 16.2. The van der Waals surface area contributed by atoms with E-state index in [2.05, 4.69) is 15.1 Å². The zero-order valence-electron chi connectivity index (χ0n) is 18.2. The fourth-order valence-corrected chi connectivity index (χ4v) is 3.26. The second-order valence-electron chi connectivity index (χ2n) is 7.44. The van der Waals surface area contributed by atoms with E-state index in [0.717, 1.165) is 6.20 Å². The molecule has 0 aromatic carbocycles. The monoisotopic (exact) mass is 481 g/mol. The van der Waals surface area contributed by atoms with Gasteiger partial charge in [-0.2, -0.15) is 23.5 Å². The number of amides is 1. The molecule has 0 aliphatic carbocycles. The summed E-state index contributed by atoms with van der Waals surface area (Å²) in [5, 5.41) is 13.9. The fraction of sp³-hybridized carbons (Fsp3) is 0.500. The lowest BCUT2D eigenvalue weighted by Gasteiger charge is -2.34. The van der Waals surface area contributed by atoms with Crippen LogP contribution in [0.1, 0.15) is 24.5 Å². The van der Waals surface area contributed by atoms with Crippen molar-refractivity contribution in [2.75, 3.05) is 44.3 Å². The maximum absolute atomic E-state index is 13.1. The lowest BCUT2D eigenvalue weighted by Crippen LogP contribution is -2.49. The van der Waals surface area contributed by atoms with Crippen LogP contribution in [0.5, 0.6) is 5.75 Å². The highest BCUT2D eigenvalue weighted by Crippen LogP contribution is 2.33. The molecule has 1 atom stereocenters. The maximum Gasteiger partial charge on any atom is 0.425 e. The van der Waals surface area contributed by atoms with Crippen molar-refractivity contribution in [3.63, 3.8) is 0 Å². The molecule has 1 fully saturated rings. The lowest BCUT2D eigenvalue weighted by molar-refractivity contribution is -0.141. The molecule has 1 saturated heterocycles. The molecule has 1 amide bonds. The summed E-state index contributed by atoms with van der Waals surface area (Å²) >= 11 is 0. The van der Waals surface area contributed by atoms with E-state index in [9.17, 15) is 22.8 Å². The molecule has 0 bridgehead atoms. The van der Waals surface area contributed by atoms with Gasteiger partial charge in [0.2, 0.25) is 11.9 Å². The zero-order chi connectivity index (χ0) is 24.7. The largest absolute Gasteiger partial charge is 0.486 e. The first-order valence-corrected chi connectivity index (χ1v) is 10.3. The highest BCUT2D eigenvalue weighted by Gasteiger charge is 2.38. The summed E-state index contributed by atoms with van der Waals surface area (Å²) in [7, 11) is 0. The number of hydrogen-bond donors (Lipinski definition) is 1. The molecule has 1 aliphatic heterocycles. The number of nitrogens with one attached hydrogen (secondary N) is 1. The minimum atomic E-state index is -4.89. The average molecular weight is 481 g/mol. The molecule has 0 spiro atoms. The standard InChI is InChI=1S/C20H22F3N7O4/c1-13(34-15-11-27-28-18(32)17(15)20(21,22)23)12-33-7-2-16(31)29-3-5-30(6-4-29)19-25-9-14(8-24)10-26-19/h9-11,13H,2-7,12H2,1H3,(H,28,32). The summed E-state index contributed by atoms with van der Waals surface area (Å²) in [6, 6.07) is 1.96. The van der Waals surface area contributed by atoms with Crippen LogP contribution in [0.15, 0.2) is 23.4 Å². The van der Waals surface area contributed by atoms with Gasteiger partial charge in [-0.3, -0.25) is 9.59 Å². The molecule has 3 rings (SSSR count). The maximum atomic E-state index is 13.1. The highest BCUT2D eigenvalue weighted by atomic mass is 19.4. The number of carbonyl (C=O) groups excluding carboxylic acids is 1. The molecule has 1 aliphatic rings. The second-order valence-corrected chi connectivity index (χ2v) is 7.44. The number of halogens is 3. The van der Waals surface area contributed by atoms with Crippen molar-refractivity contribution in [2.45, 2.75) is 25.6 Å². The smallest absolute Gasteiger partial charge is 0.425 e. The fourth-order valence-electron chi connectivity index (χ4n) is 3.26.